The minimum atomic E-state index is 0. The summed E-state index contributed by atoms with van der Waals surface area (Å²) in [7, 11) is 2.07. The van der Waals surface area contributed by atoms with Crippen LogP contribution >= 0.6 is 24.0 Å². The van der Waals surface area contributed by atoms with E-state index in [1.165, 1.54) is 12.8 Å². The van der Waals surface area contributed by atoms with Gasteiger partial charge in [-0.05, 0) is 19.3 Å². The van der Waals surface area contributed by atoms with Gasteiger partial charge >= 0.3 is 0 Å². The van der Waals surface area contributed by atoms with E-state index in [0.29, 0.717) is 12.5 Å². The fraction of sp³-hybridized carbons (Fsp3) is 0.733. The number of aromatic nitrogens is 1. The third kappa shape index (κ3) is 7.15. The van der Waals surface area contributed by atoms with Crippen LogP contribution < -0.4 is 5.32 Å². The molecule has 0 aliphatic heterocycles. The van der Waals surface area contributed by atoms with Crippen molar-refractivity contribution in [2.24, 2.45) is 4.99 Å². The Morgan fingerprint density at radius 2 is 2.14 bits per heavy atom. The number of guanidine groups is 1. The van der Waals surface area contributed by atoms with Crippen LogP contribution in [-0.2, 0) is 6.54 Å². The molecule has 0 aliphatic rings. The SMILES string of the molecule is CCCCN(C)C(=NCc1cc(C(C)C)no1)NCC.I. The Kier molecular flexibility index (Phi) is 10.5. The number of halogens is 1. The third-order valence-corrected chi connectivity index (χ3v) is 3.10. The van der Waals surface area contributed by atoms with Gasteiger partial charge in [0.15, 0.2) is 11.7 Å². The average molecular weight is 408 g/mol. The van der Waals surface area contributed by atoms with Gasteiger partial charge in [0.2, 0.25) is 0 Å². The molecule has 0 aliphatic carbocycles. The number of nitrogens with one attached hydrogen (secondary N) is 1. The minimum absolute atomic E-state index is 0. The molecule has 0 radical (unpaired) electrons. The number of hydrogen-bond acceptors (Lipinski definition) is 3. The highest BCUT2D eigenvalue weighted by molar-refractivity contribution is 14.0. The molecule has 0 saturated carbocycles. The highest BCUT2D eigenvalue weighted by Gasteiger charge is 2.09. The molecule has 0 amide bonds. The van der Waals surface area contributed by atoms with Gasteiger partial charge in [0.05, 0.1) is 5.69 Å². The van der Waals surface area contributed by atoms with Crippen LogP contribution in [-0.4, -0.2) is 36.2 Å². The smallest absolute Gasteiger partial charge is 0.194 e. The maximum atomic E-state index is 5.31. The van der Waals surface area contributed by atoms with Gasteiger partial charge in [-0.25, -0.2) is 4.99 Å². The standard InChI is InChI=1S/C15H28N4O.HI/c1-6-8-9-19(5)15(16-7-2)17-11-13-10-14(12(3)4)18-20-13;/h10,12H,6-9,11H2,1-5H3,(H,16,17);1H. The van der Waals surface area contributed by atoms with E-state index in [2.05, 4.69) is 55.1 Å². The minimum Gasteiger partial charge on any atom is -0.359 e. The van der Waals surface area contributed by atoms with E-state index in [4.69, 9.17) is 4.52 Å². The molecule has 0 bridgehead atoms. The summed E-state index contributed by atoms with van der Waals surface area (Å²) in [5.41, 5.74) is 0.986. The summed E-state index contributed by atoms with van der Waals surface area (Å²) in [5, 5.41) is 7.36. The number of aliphatic imine (C=N–C) groups is 1. The molecule has 1 heterocycles. The van der Waals surface area contributed by atoms with Crippen LogP contribution in [0.25, 0.3) is 0 Å². The Morgan fingerprint density at radius 1 is 1.43 bits per heavy atom. The second-order valence-electron chi connectivity index (χ2n) is 5.32. The van der Waals surface area contributed by atoms with Gasteiger partial charge in [-0.1, -0.05) is 32.3 Å². The molecular formula is C15H29IN4O. The first-order valence-corrected chi connectivity index (χ1v) is 7.53. The van der Waals surface area contributed by atoms with Gasteiger partial charge in [0, 0.05) is 26.2 Å². The van der Waals surface area contributed by atoms with Crippen LogP contribution in [0.3, 0.4) is 0 Å². The first-order chi connectivity index (χ1) is 9.58. The predicted octanol–water partition coefficient (Wildman–Crippen LogP) is 3.61. The van der Waals surface area contributed by atoms with E-state index >= 15 is 0 Å². The van der Waals surface area contributed by atoms with E-state index in [1.807, 2.05) is 6.07 Å². The van der Waals surface area contributed by atoms with Crippen LogP contribution in [0.1, 0.15) is 57.9 Å². The molecular weight excluding hydrogens is 379 g/mol. The van der Waals surface area contributed by atoms with Crippen LogP contribution in [0.15, 0.2) is 15.6 Å². The van der Waals surface area contributed by atoms with Crippen molar-refractivity contribution in [3.63, 3.8) is 0 Å². The maximum absolute atomic E-state index is 5.31. The van der Waals surface area contributed by atoms with Gasteiger partial charge in [0.1, 0.15) is 6.54 Å². The zero-order valence-electron chi connectivity index (χ0n) is 13.8. The highest BCUT2D eigenvalue weighted by atomic mass is 127. The molecule has 0 spiro atoms. The molecule has 0 fully saturated rings. The molecule has 1 rings (SSSR count). The van der Waals surface area contributed by atoms with Crippen molar-refractivity contribution in [1.82, 2.24) is 15.4 Å². The van der Waals surface area contributed by atoms with E-state index < -0.39 is 0 Å². The molecule has 1 aromatic heterocycles. The van der Waals surface area contributed by atoms with Crippen LogP contribution in [0.2, 0.25) is 0 Å². The zero-order valence-corrected chi connectivity index (χ0v) is 16.2. The predicted molar refractivity (Wildman–Crippen MR) is 98.4 cm³/mol. The molecule has 1 aromatic rings. The number of hydrogen-bond donors (Lipinski definition) is 1. The lowest BCUT2D eigenvalue weighted by Gasteiger charge is -2.21. The van der Waals surface area contributed by atoms with Crippen molar-refractivity contribution in [2.45, 2.75) is 53.0 Å². The third-order valence-electron chi connectivity index (χ3n) is 3.10. The lowest BCUT2D eigenvalue weighted by atomic mass is 10.1. The molecule has 0 unspecified atom stereocenters. The monoisotopic (exact) mass is 408 g/mol. The van der Waals surface area contributed by atoms with Crippen LogP contribution in [0.4, 0.5) is 0 Å². The molecule has 6 heteroatoms. The largest absolute Gasteiger partial charge is 0.359 e. The van der Waals surface area contributed by atoms with Gasteiger partial charge in [-0.3, -0.25) is 0 Å². The van der Waals surface area contributed by atoms with Crippen molar-refractivity contribution in [2.75, 3.05) is 20.1 Å². The number of rotatable bonds is 7. The Labute approximate surface area is 145 Å². The van der Waals surface area contributed by atoms with E-state index in [9.17, 15) is 0 Å². The Balaban J connectivity index is 0.00000400. The van der Waals surface area contributed by atoms with E-state index in [-0.39, 0.29) is 24.0 Å². The summed E-state index contributed by atoms with van der Waals surface area (Å²) in [5.74, 6) is 2.12. The van der Waals surface area contributed by atoms with Crippen LogP contribution in [0, 0.1) is 0 Å². The van der Waals surface area contributed by atoms with Gasteiger partial charge < -0.3 is 14.7 Å². The first kappa shape index (κ1) is 20.2. The van der Waals surface area contributed by atoms with Crippen molar-refractivity contribution in [1.29, 1.82) is 0 Å². The summed E-state index contributed by atoms with van der Waals surface area (Å²) in [6.45, 7) is 10.9. The van der Waals surface area contributed by atoms with Crippen molar-refractivity contribution < 1.29 is 4.52 Å². The van der Waals surface area contributed by atoms with Gasteiger partial charge in [0.25, 0.3) is 0 Å². The Bertz CT molecular complexity index is 418. The fourth-order valence-corrected chi connectivity index (χ4v) is 1.80. The van der Waals surface area contributed by atoms with Gasteiger partial charge in [-0.15, -0.1) is 24.0 Å². The summed E-state index contributed by atoms with van der Waals surface area (Å²) in [6, 6.07) is 1.99. The van der Waals surface area contributed by atoms with Crippen LogP contribution in [0.5, 0.6) is 0 Å². The first-order valence-electron chi connectivity index (χ1n) is 7.53. The second-order valence-corrected chi connectivity index (χ2v) is 5.32. The molecule has 5 nitrogen and oxygen atoms in total. The quantitative estimate of drug-likeness (QED) is 0.426. The topological polar surface area (TPSA) is 53.7 Å². The van der Waals surface area contributed by atoms with Crippen molar-refractivity contribution in [3.05, 3.63) is 17.5 Å². The molecule has 1 N–H and O–H groups in total. The maximum Gasteiger partial charge on any atom is 0.194 e. The molecule has 0 aromatic carbocycles. The summed E-state index contributed by atoms with van der Waals surface area (Å²) >= 11 is 0. The average Bonchev–Trinajstić information content (AvgIpc) is 2.89. The second kappa shape index (κ2) is 10.9. The molecule has 122 valence electrons. The normalized spacial score (nSPS) is 11.4. The highest BCUT2D eigenvalue weighted by Crippen LogP contribution is 2.14. The molecule has 21 heavy (non-hydrogen) atoms. The summed E-state index contributed by atoms with van der Waals surface area (Å²) < 4.78 is 5.31. The lowest BCUT2D eigenvalue weighted by Crippen LogP contribution is -2.39. The molecule has 0 atom stereocenters. The van der Waals surface area contributed by atoms with E-state index in [0.717, 1.165) is 30.5 Å². The number of nitrogens with zero attached hydrogens (tertiary/aromatic N) is 3. The van der Waals surface area contributed by atoms with E-state index in [1.54, 1.807) is 0 Å². The van der Waals surface area contributed by atoms with Gasteiger partial charge in [-0.2, -0.15) is 0 Å². The van der Waals surface area contributed by atoms with Crippen molar-refractivity contribution in [3.8, 4) is 0 Å². The number of unbranched alkanes of at least 4 members (excludes halogenated alkanes) is 1. The summed E-state index contributed by atoms with van der Waals surface area (Å²) in [4.78, 5) is 6.77. The summed E-state index contributed by atoms with van der Waals surface area (Å²) in [6.07, 6.45) is 2.35. The van der Waals surface area contributed by atoms with Crippen molar-refractivity contribution >= 4 is 29.9 Å². The Hall–Kier alpha value is -0.790. The fourth-order valence-electron chi connectivity index (χ4n) is 1.80. The molecule has 0 saturated heterocycles. The lowest BCUT2D eigenvalue weighted by molar-refractivity contribution is 0.375. The Morgan fingerprint density at radius 3 is 2.67 bits per heavy atom. The zero-order chi connectivity index (χ0) is 15.0.